The summed E-state index contributed by atoms with van der Waals surface area (Å²) in [7, 11) is 1.43. The number of nitro groups is 1. The molecular weight excluding hydrogens is 430 g/mol. The van der Waals surface area contributed by atoms with Crippen molar-refractivity contribution in [2.75, 3.05) is 7.11 Å². The lowest BCUT2D eigenvalue weighted by Gasteiger charge is -2.03. The number of hydrogen-bond donors (Lipinski definition) is 1. The zero-order valence-corrected chi connectivity index (χ0v) is 17.3. The third-order valence-corrected chi connectivity index (χ3v) is 4.44. The van der Waals surface area contributed by atoms with E-state index in [1.165, 1.54) is 25.5 Å². The van der Waals surface area contributed by atoms with E-state index in [-0.39, 0.29) is 23.6 Å². The predicted molar refractivity (Wildman–Crippen MR) is 116 cm³/mol. The van der Waals surface area contributed by atoms with E-state index in [4.69, 9.17) is 9.15 Å². The molecule has 33 heavy (non-hydrogen) atoms. The second-order valence-corrected chi connectivity index (χ2v) is 6.64. The first-order valence-electron chi connectivity index (χ1n) is 9.61. The zero-order valence-electron chi connectivity index (χ0n) is 17.3. The Morgan fingerprint density at radius 2 is 2.06 bits per heavy atom. The number of nitrogens with one attached hydrogen (secondary N) is 1. The van der Waals surface area contributed by atoms with Crippen LogP contribution in [-0.4, -0.2) is 44.4 Å². The van der Waals surface area contributed by atoms with Crippen molar-refractivity contribution in [1.29, 1.82) is 0 Å². The molecule has 4 aromatic rings. The molecule has 4 rings (SSSR count). The fourth-order valence-electron chi connectivity index (χ4n) is 2.91. The van der Waals surface area contributed by atoms with E-state index in [2.05, 4.69) is 25.9 Å². The molecule has 1 N–H and O–H groups in total. The van der Waals surface area contributed by atoms with Gasteiger partial charge in [0.1, 0.15) is 23.8 Å². The van der Waals surface area contributed by atoms with Gasteiger partial charge in [0.2, 0.25) is 5.82 Å². The maximum Gasteiger partial charge on any atom is 0.284 e. The van der Waals surface area contributed by atoms with Gasteiger partial charge in [-0.3, -0.25) is 14.9 Å². The van der Waals surface area contributed by atoms with E-state index >= 15 is 0 Å². The van der Waals surface area contributed by atoms with Crippen molar-refractivity contribution in [3.05, 3.63) is 76.5 Å². The number of carbonyl (C=O) groups excluding carboxylic acids is 1. The Hall–Kier alpha value is -4.87. The Morgan fingerprint density at radius 1 is 1.24 bits per heavy atom. The quantitative estimate of drug-likeness (QED) is 0.246. The van der Waals surface area contributed by atoms with Gasteiger partial charge in [-0.2, -0.15) is 9.90 Å². The Balaban J connectivity index is 1.38. The normalized spacial score (nSPS) is 10.9. The smallest absolute Gasteiger partial charge is 0.284 e. The molecule has 2 aromatic heterocycles. The van der Waals surface area contributed by atoms with E-state index in [0.29, 0.717) is 17.3 Å². The number of nitro benzene ring substituents is 1. The second kappa shape index (κ2) is 9.51. The predicted octanol–water partition coefficient (Wildman–Crippen LogP) is 2.67. The fourth-order valence-corrected chi connectivity index (χ4v) is 2.91. The lowest BCUT2D eigenvalue weighted by atomic mass is 10.1. The highest BCUT2D eigenvalue weighted by Crippen LogP contribution is 2.33. The molecule has 166 valence electrons. The number of rotatable bonds is 8. The summed E-state index contributed by atoms with van der Waals surface area (Å²) in [6.07, 6.45) is 1.28. The van der Waals surface area contributed by atoms with Crippen molar-refractivity contribution in [3.63, 3.8) is 0 Å². The molecule has 12 heteroatoms. The summed E-state index contributed by atoms with van der Waals surface area (Å²) in [5, 5.41) is 27.1. The number of amides is 1. The Morgan fingerprint density at radius 3 is 2.82 bits per heavy atom. The molecule has 0 saturated heterocycles. The Kier molecular flexibility index (Phi) is 6.16. The van der Waals surface area contributed by atoms with Gasteiger partial charge >= 0.3 is 0 Å². The third kappa shape index (κ3) is 5.07. The van der Waals surface area contributed by atoms with Crippen molar-refractivity contribution < 1.29 is 18.9 Å². The maximum atomic E-state index is 12.1. The SMILES string of the molecule is COc1ccc(-c2ccc(/C=N\NC(=O)Cn3nnc(-c4ccccc4)n3)o2)c([N+](=O)[O-])c1. The zero-order chi connectivity index (χ0) is 23.2. The number of aromatic nitrogens is 4. The molecule has 0 unspecified atom stereocenters. The highest BCUT2D eigenvalue weighted by atomic mass is 16.6. The van der Waals surface area contributed by atoms with Crippen LogP contribution in [0.4, 0.5) is 5.69 Å². The Labute approximate surface area is 186 Å². The highest BCUT2D eigenvalue weighted by Gasteiger charge is 2.19. The van der Waals surface area contributed by atoms with Crippen LogP contribution in [0, 0.1) is 10.1 Å². The molecule has 0 aliphatic rings. The van der Waals surface area contributed by atoms with E-state index in [9.17, 15) is 14.9 Å². The summed E-state index contributed by atoms with van der Waals surface area (Å²) in [5.74, 6) is 0.862. The molecule has 1 amide bonds. The molecule has 2 heterocycles. The highest BCUT2D eigenvalue weighted by molar-refractivity contribution is 5.81. The van der Waals surface area contributed by atoms with Crippen molar-refractivity contribution in [2.45, 2.75) is 6.54 Å². The summed E-state index contributed by atoms with van der Waals surface area (Å²) >= 11 is 0. The summed E-state index contributed by atoms with van der Waals surface area (Å²) in [6, 6.07) is 16.8. The van der Waals surface area contributed by atoms with Gasteiger partial charge in [-0.1, -0.05) is 30.3 Å². The number of ether oxygens (including phenoxy) is 1. The molecular formula is C21H17N7O5. The Bertz CT molecular complexity index is 1310. The molecule has 0 fully saturated rings. The molecule has 0 aliphatic heterocycles. The number of nitrogens with zero attached hydrogens (tertiary/aromatic N) is 6. The number of hydrogen-bond acceptors (Lipinski definition) is 9. The van der Waals surface area contributed by atoms with E-state index < -0.39 is 10.8 Å². The summed E-state index contributed by atoms with van der Waals surface area (Å²) in [4.78, 5) is 24.1. The summed E-state index contributed by atoms with van der Waals surface area (Å²) < 4.78 is 10.6. The van der Waals surface area contributed by atoms with E-state index in [1.54, 1.807) is 18.2 Å². The van der Waals surface area contributed by atoms with Crippen LogP contribution in [0.3, 0.4) is 0 Å². The molecule has 0 radical (unpaired) electrons. The molecule has 0 bridgehead atoms. The largest absolute Gasteiger partial charge is 0.497 e. The van der Waals surface area contributed by atoms with Gasteiger partial charge in [0, 0.05) is 5.56 Å². The number of benzene rings is 2. The summed E-state index contributed by atoms with van der Waals surface area (Å²) in [5.41, 5.74) is 3.26. The average molecular weight is 447 g/mol. The molecule has 12 nitrogen and oxygen atoms in total. The fraction of sp³-hybridized carbons (Fsp3) is 0.0952. The van der Waals surface area contributed by atoms with Crippen molar-refractivity contribution in [2.24, 2.45) is 5.10 Å². The van der Waals surface area contributed by atoms with Gasteiger partial charge < -0.3 is 9.15 Å². The minimum atomic E-state index is -0.518. The van der Waals surface area contributed by atoms with Crippen LogP contribution in [0.2, 0.25) is 0 Å². The van der Waals surface area contributed by atoms with Crippen LogP contribution in [0.25, 0.3) is 22.7 Å². The first-order chi connectivity index (χ1) is 16.0. The molecule has 2 aromatic carbocycles. The minimum absolute atomic E-state index is 0.157. The standard InChI is InChI=1S/C21H17N7O5/c1-32-15-7-9-17(18(11-15)28(30)31)19-10-8-16(33-19)12-22-23-20(29)13-27-25-21(24-26-27)14-5-3-2-4-6-14/h2-12H,13H2,1H3,(H,23,29)/b22-12-. The number of carbonyl (C=O) groups is 1. The monoisotopic (exact) mass is 447 g/mol. The lowest BCUT2D eigenvalue weighted by molar-refractivity contribution is -0.384. The van der Waals surface area contributed by atoms with Gasteiger partial charge in [0.05, 0.1) is 29.9 Å². The van der Waals surface area contributed by atoms with E-state index in [0.717, 1.165) is 10.4 Å². The van der Waals surface area contributed by atoms with Crippen LogP contribution in [0.1, 0.15) is 5.76 Å². The van der Waals surface area contributed by atoms with Gasteiger partial charge in [-0.25, -0.2) is 5.43 Å². The number of methoxy groups -OCH3 is 1. The minimum Gasteiger partial charge on any atom is -0.497 e. The molecule has 0 spiro atoms. The van der Waals surface area contributed by atoms with Crippen LogP contribution < -0.4 is 10.2 Å². The van der Waals surface area contributed by atoms with Crippen molar-refractivity contribution in [3.8, 4) is 28.5 Å². The van der Waals surface area contributed by atoms with Crippen molar-refractivity contribution >= 4 is 17.8 Å². The number of hydrazone groups is 1. The van der Waals surface area contributed by atoms with E-state index in [1.807, 2.05) is 30.3 Å². The average Bonchev–Trinajstić information content (AvgIpc) is 3.49. The number of furan rings is 1. The van der Waals surface area contributed by atoms with Crippen LogP contribution in [-0.2, 0) is 11.3 Å². The van der Waals surface area contributed by atoms with Crippen LogP contribution >= 0.6 is 0 Å². The molecule has 0 aliphatic carbocycles. The number of tetrazole rings is 1. The third-order valence-electron chi connectivity index (χ3n) is 4.44. The second-order valence-electron chi connectivity index (χ2n) is 6.64. The molecule has 0 atom stereocenters. The first-order valence-corrected chi connectivity index (χ1v) is 9.61. The first kappa shape index (κ1) is 21.4. The summed E-state index contributed by atoms with van der Waals surface area (Å²) in [6.45, 7) is -0.182. The topological polar surface area (TPSA) is 151 Å². The van der Waals surface area contributed by atoms with Crippen molar-refractivity contribution in [1.82, 2.24) is 25.6 Å². The van der Waals surface area contributed by atoms with Crippen LogP contribution in [0.15, 0.2) is 70.2 Å². The van der Waals surface area contributed by atoms with Gasteiger partial charge in [0.15, 0.2) is 0 Å². The van der Waals surface area contributed by atoms with Gasteiger partial charge in [-0.05, 0) is 29.5 Å². The maximum absolute atomic E-state index is 12.1. The molecule has 0 saturated carbocycles. The lowest BCUT2D eigenvalue weighted by Crippen LogP contribution is -2.24. The van der Waals surface area contributed by atoms with Gasteiger partial charge in [-0.15, -0.1) is 10.2 Å². The van der Waals surface area contributed by atoms with Gasteiger partial charge in [0.25, 0.3) is 11.6 Å². The van der Waals surface area contributed by atoms with Crippen LogP contribution in [0.5, 0.6) is 5.75 Å².